The Morgan fingerprint density at radius 1 is 0.857 bits per heavy atom. The van der Waals surface area contributed by atoms with E-state index in [9.17, 15) is 8.78 Å². The molecule has 0 saturated carbocycles. The average Bonchev–Trinajstić information content (AvgIpc) is 2.94. The first kappa shape index (κ1) is 14.4. The maximum atomic E-state index is 13.2. The summed E-state index contributed by atoms with van der Waals surface area (Å²) in [6.45, 7) is 0. The number of halogens is 4. The van der Waals surface area contributed by atoms with Crippen LogP contribution in [0.4, 0.5) is 8.78 Å². The summed E-state index contributed by atoms with van der Waals surface area (Å²) in [7, 11) is 0. The van der Waals surface area contributed by atoms with Crippen molar-refractivity contribution in [3.8, 4) is 22.0 Å². The molecule has 0 aliphatic heterocycles. The molecule has 0 N–H and O–H groups in total. The molecule has 3 aromatic rings. The maximum absolute atomic E-state index is 13.2. The van der Waals surface area contributed by atoms with Crippen molar-refractivity contribution in [1.82, 2.24) is 9.36 Å². The third kappa shape index (κ3) is 2.90. The van der Waals surface area contributed by atoms with Crippen LogP contribution in [0.3, 0.4) is 0 Å². The number of aromatic nitrogens is 2. The minimum absolute atomic E-state index is 0.00803. The van der Waals surface area contributed by atoms with Crippen molar-refractivity contribution in [1.29, 1.82) is 0 Å². The third-order valence-corrected chi connectivity index (χ3v) is 4.11. The summed E-state index contributed by atoms with van der Waals surface area (Å²) < 4.78 is 30.5. The first-order valence-electron chi connectivity index (χ1n) is 5.79. The van der Waals surface area contributed by atoms with Crippen LogP contribution in [0.2, 0.25) is 10.0 Å². The first-order chi connectivity index (χ1) is 10.0. The Labute approximate surface area is 133 Å². The zero-order valence-corrected chi connectivity index (χ0v) is 12.6. The van der Waals surface area contributed by atoms with Crippen LogP contribution in [-0.2, 0) is 0 Å². The van der Waals surface area contributed by atoms with Crippen molar-refractivity contribution in [3.05, 3.63) is 58.1 Å². The minimum Gasteiger partial charge on any atom is -0.215 e. The van der Waals surface area contributed by atoms with Gasteiger partial charge in [-0.15, -0.1) is 0 Å². The molecule has 0 aliphatic carbocycles. The van der Waals surface area contributed by atoms with Crippen molar-refractivity contribution in [2.24, 2.45) is 0 Å². The molecular formula is C14H6Cl2F2N2S. The quantitative estimate of drug-likeness (QED) is 0.618. The molecule has 2 aromatic carbocycles. The van der Waals surface area contributed by atoms with E-state index >= 15 is 0 Å². The topological polar surface area (TPSA) is 25.8 Å². The lowest BCUT2D eigenvalue weighted by molar-refractivity contribution is 0.628. The standard InChI is InChI=1S/C14H6Cl2F2N2S/c15-9-5-7(1-3-11(9)17)13-19-14(21-20-13)8-2-4-12(18)10(16)6-8/h1-6H. The molecule has 7 heteroatoms. The molecule has 0 saturated heterocycles. The zero-order valence-electron chi connectivity index (χ0n) is 10.3. The lowest BCUT2D eigenvalue weighted by Crippen LogP contribution is -1.84. The molecule has 2 nitrogen and oxygen atoms in total. The Balaban J connectivity index is 1.99. The highest BCUT2D eigenvalue weighted by atomic mass is 35.5. The highest BCUT2D eigenvalue weighted by molar-refractivity contribution is 7.09. The van der Waals surface area contributed by atoms with Crippen molar-refractivity contribution in [2.75, 3.05) is 0 Å². The Hall–Kier alpha value is -1.56. The minimum atomic E-state index is -0.499. The monoisotopic (exact) mass is 342 g/mol. The Kier molecular flexibility index (Phi) is 3.89. The van der Waals surface area contributed by atoms with Crippen molar-refractivity contribution < 1.29 is 8.78 Å². The van der Waals surface area contributed by atoms with E-state index in [1.54, 1.807) is 12.1 Å². The number of rotatable bonds is 2. The molecule has 106 valence electrons. The number of benzene rings is 2. The first-order valence-corrected chi connectivity index (χ1v) is 7.32. The van der Waals surface area contributed by atoms with Crippen LogP contribution in [0.25, 0.3) is 22.0 Å². The van der Waals surface area contributed by atoms with Gasteiger partial charge >= 0.3 is 0 Å². The fraction of sp³-hybridized carbons (Fsp3) is 0. The average molecular weight is 343 g/mol. The van der Waals surface area contributed by atoms with Gasteiger partial charge in [0.15, 0.2) is 5.82 Å². The van der Waals surface area contributed by atoms with Gasteiger partial charge in [0, 0.05) is 11.1 Å². The second-order valence-corrected chi connectivity index (χ2v) is 5.75. The molecule has 0 bridgehead atoms. The number of hydrogen-bond donors (Lipinski definition) is 0. The predicted octanol–water partition coefficient (Wildman–Crippen LogP) is 5.46. The third-order valence-electron chi connectivity index (χ3n) is 2.77. The van der Waals surface area contributed by atoms with Gasteiger partial charge in [-0.3, -0.25) is 0 Å². The van der Waals surface area contributed by atoms with Crippen LogP contribution in [0.15, 0.2) is 36.4 Å². The molecule has 0 radical (unpaired) electrons. The van der Waals surface area contributed by atoms with Crippen LogP contribution < -0.4 is 0 Å². The highest BCUT2D eigenvalue weighted by Gasteiger charge is 2.11. The van der Waals surface area contributed by atoms with Gasteiger partial charge in [-0.2, -0.15) is 4.37 Å². The molecule has 1 aromatic heterocycles. The van der Waals surface area contributed by atoms with Gasteiger partial charge in [-0.1, -0.05) is 23.2 Å². The van der Waals surface area contributed by atoms with E-state index in [0.29, 0.717) is 22.0 Å². The fourth-order valence-electron chi connectivity index (χ4n) is 1.72. The summed E-state index contributed by atoms with van der Waals surface area (Å²) in [5.41, 5.74) is 1.27. The van der Waals surface area contributed by atoms with Gasteiger partial charge in [0.2, 0.25) is 0 Å². The Morgan fingerprint density at radius 3 is 2.05 bits per heavy atom. The van der Waals surface area contributed by atoms with Crippen LogP contribution in [-0.4, -0.2) is 9.36 Å². The molecule has 0 spiro atoms. The van der Waals surface area contributed by atoms with Gasteiger partial charge < -0.3 is 0 Å². The summed E-state index contributed by atoms with van der Waals surface area (Å²) in [4.78, 5) is 4.34. The molecule has 3 rings (SSSR count). The molecule has 0 amide bonds. The Morgan fingerprint density at radius 2 is 1.43 bits per heavy atom. The summed E-state index contributed by atoms with van der Waals surface area (Å²) >= 11 is 12.6. The van der Waals surface area contributed by atoms with E-state index in [1.165, 1.54) is 24.3 Å². The van der Waals surface area contributed by atoms with Crippen LogP contribution in [0, 0.1) is 11.6 Å². The van der Waals surface area contributed by atoms with Gasteiger partial charge in [0.25, 0.3) is 0 Å². The number of hydrogen-bond acceptors (Lipinski definition) is 3. The van der Waals surface area contributed by atoms with E-state index in [-0.39, 0.29) is 10.0 Å². The van der Waals surface area contributed by atoms with E-state index in [2.05, 4.69) is 9.36 Å². The molecule has 0 aliphatic rings. The SMILES string of the molecule is Fc1ccc(-c2nsc(-c3ccc(F)c(Cl)c3)n2)cc1Cl. The van der Waals surface area contributed by atoms with Crippen molar-refractivity contribution in [3.63, 3.8) is 0 Å². The lowest BCUT2D eigenvalue weighted by Gasteiger charge is -1.98. The molecule has 0 atom stereocenters. The summed E-state index contributed by atoms with van der Waals surface area (Å²) in [5, 5.41) is 0.620. The zero-order chi connectivity index (χ0) is 15.0. The Bertz CT molecular complexity index is 754. The molecular weight excluding hydrogens is 337 g/mol. The van der Waals surface area contributed by atoms with Crippen molar-refractivity contribution in [2.45, 2.75) is 0 Å². The normalized spacial score (nSPS) is 10.9. The second-order valence-electron chi connectivity index (χ2n) is 4.18. The fourth-order valence-corrected chi connectivity index (χ4v) is 2.76. The van der Waals surface area contributed by atoms with E-state index in [4.69, 9.17) is 23.2 Å². The van der Waals surface area contributed by atoms with Crippen LogP contribution >= 0.6 is 34.7 Å². The smallest absolute Gasteiger partial charge is 0.173 e. The summed E-state index contributed by atoms with van der Waals surface area (Å²) in [6.07, 6.45) is 0. The lowest BCUT2D eigenvalue weighted by atomic mass is 10.2. The van der Waals surface area contributed by atoms with Gasteiger partial charge in [-0.05, 0) is 47.9 Å². The predicted molar refractivity (Wildman–Crippen MR) is 80.7 cm³/mol. The molecule has 0 unspecified atom stereocenters. The summed E-state index contributed by atoms with van der Waals surface area (Å²) in [6, 6.07) is 8.59. The van der Waals surface area contributed by atoms with Gasteiger partial charge in [0.1, 0.15) is 16.6 Å². The van der Waals surface area contributed by atoms with E-state index in [1.807, 2.05) is 0 Å². The van der Waals surface area contributed by atoms with Crippen LogP contribution in [0.1, 0.15) is 0 Å². The molecule has 1 heterocycles. The second kappa shape index (κ2) is 5.67. The van der Waals surface area contributed by atoms with Crippen molar-refractivity contribution >= 4 is 34.7 Å². The number of nitrogens with zero attached hydrogens (tertiary/aromatic N) is 2. The van der Waals surface area contributed by atoms with E-state index < -0.39 is 11.6 Å². The maximum Gasteiger partial charge on any atom is 0.173 e. The molecule has 0 fully saturated rings. The molecule has 21 heavy (non-hydrogen) atoms. The van der Waals surface area contributed by atoms with Crippen LogP contribution in [0.5, 0.6) is 0 Å². The highest BCUT2D eigenvalue weighted by Crippen LogP contribution is 2.30. The summed E-state index contributed by atoms with van der Waals surface area (Å²) in [5.74, 6) is -0.561. The van der Waals surface area contributed by atoms with Gasteiger partial charge in [-0.25, -0.2) is 13.8 Å². The largest absolute Gasteiger partial charge is 0.215 e. The van der Waals surface area contributed by atoms with Gasteiger partial charge in [0.05, 0.1) is 10.0 Å². The van der Waals surface area contributed by atoms with E-state index in [0.717, 1.165) is 11.5 Å².